The molecule has 0 saturated carbocycles. The van der Waals surface area contributed by atoms with Crippen LogP contribution in [0.4, 0.5) is 0 Å². The van der Waals surface area contributed by atoms with Crippen LogP contribution in [-0.4, -0.2) is 68.5 Å². The van der Waals surface area contributed by atoms with Crippen LogP contribution in [0.15, 0.2) is 18.2 Å². The van der Waals surface area contributed by atoms with Gasteiger partial charge in [0.25, 0.3) is 0 Å². The van der Waals surface area contributed by atoms with E-state index in [1.54, 1.807) is 14.2 Å². The van der Waals surface area contributed by atoms with Gasteiger partial charge >= 0.3 is 0 Å². The van der Waals surface area contributed by atoms with Gasteiger partial charge in [0, 0.05) is 31.7 Å². The monoisotopic (exact) mass is 294 g/mol. The number of methoxy groups -OCH3 is 2. The number of β-amino-alcohol motifs (C(OH)–C–C–N with tert-alkyl or cyclic N) is 1. The number of ether oxygens (including phenoxy) is 2. The lowest BCUT2D eigenvalue weighted by atomic mass is 10.1. The summed E-state index contributed by atoms with van der Waals surface area (Å²) in [5.41, 5.74) is 1.16. The highest BCUT2D eigenvalue weighted by Crippen LogP contribution is 2.25. The minimum atomic E-state index is 0.240. The Hall–Kier alpha value is -1.30. The summed E-state index contributed by atoms with van der Waals surface area (Å²) in [4.78, 5) is 4.76. The van der Waals surface area contributed by atoms with Crippen molar-refractivity contribution in [3.63, 3.8) is 0 Å². The molecule has 0 unspecified atom stereocenters. The first-order valence-corrected chi connectivity index (χ1v) is 7.53. The van der Waals surface area contributed by atoms with E-state index in [2.05, 4.69) is 15.9 Å². The first-order chi connectivity index (χ1) is 10.3. The summed E-state index contributed by atoms with van der Waals surface area (Å²) in [5, 5.41) is 9.05. The van der Waals surface area contributed by atoms with Crippen LogP contribution in [0.25, 0.3) is 0 Å². The van der Waals surface area contributed by atoms with Gasteiger partial charge in [0.05, 0.1) is 20.8 Å². The van der Waals surface area contributed by atoms with Gasteiger partial charge in [0.2, 0.25) is 0 Å². The average Bonchev–Trinajstić information content (AvgIpc) is 2.73. The number of hydrogen-bond donors (Lipinski definition) is 1. The van der Waals surface area contributed by atoms with E-state index in [0.717, 1.165) is 62.8 Å². The molecule has 1 aliphatic heterocycles. The summed E-state index contributed by atoms with van der Waals surface area (Å²) in [6, 6.07) is 5.94. The Morgan fingerprint density at radius 3 is 2.52 bits per heavy atom. The molecule has 1 saturated heterocycles. The predicted molar refractivity (Wildman–Crippen MR) is 83.0 cm³/mol. The maximum absolute atomic E-state index is 9.05. The second-order valence-electron chi connectivity index (χ2n) is 5.37. The third-order valence-electron chi connectivity index (χ3n) is 3.98. The van der Waals surface area contributed by atoms with Crippen molar-refractivity contribution in [3.05, 3.63) is 23.8 Å². The largest absolute Gasteiger partial charge is 0.497 e. The molecule has 118 valence electrons. The van der Waals surface area contributed by atoms with Gasteiger partial charge < -0.3 is 14.6 Å². The van der Waals surface area contributed by atoms with Crippen LogP contribution in [0, 0.1) is 0 Å². The Bertz CT molecular complexity index is 440. The van der Waals surface area contributed by atoms with E-state index in [1.807, 2.05) is 12.1 Å². The molecule has 0 amide bonds. The zero-order valence-corrected chi connectivity index (χ0v) is 13.0. The van der Waals surface area contributed by atoms with E-state index in [0.29, 0.717) is 0 Å². The van der Waals surface area contributed by atoms with Gasteiger partial charge in [-0.05, 0) is 37.7 Å². The van der Waals surface area contributed by atoms with Gasteiger partial charge in [-0.15, -0.1) is 0 Å². The van der Waals surface area contributed by atoms with Crippen LogP contribution in [0.3, 0.4) is 0 Å². The lowest BCUT2D eigenvalue weighted by Crippen LogP contribution is -2.32. The highest BCUT2D eigenvalue weighted by molar-refractivity contribution is 5.40. The van der Waals surface area contributed by atoms with E-state index in [-0.39, 0.29) is 6.61 Å². The normalized spacial score (nSPS) is 17.5. The molecule has 0 atom stereocenters. The first kappa shape index (κ1) is 16.1. The van der Waals surface area contributed by atoms with Gasteiger partial charge in [-0.2, -0.15) is 0 Å². The zero-order chi connectivity index (χ0) is 15.1. The molecular formula is C16H26N2O3. The van der Waals surface area contributed by atoms with E-state index in [4.69, 9.17) is 14.6 Å². The molecule has 2 rings (SSSR count). The Balaban J connectivity index is 2.00. The molecule has 1 heterocycles. The molecule has 1 aliphatic rings. The molecule has 0 aliphatic carbocycles. The third-order valence-corrected chi connectivity index (χ3v) is 3.98. The predicted octanol–water partition coefficient (Wildman–Crippen LogP) is 1.20. The Kier molecular flexibility index (Phi) is 6.29. The summed E-state index contributed by atoms with van der Waals surface area (Å²) in [6.07, 6.45) is 1.13. The number of benzene rings is 1. The number of aliphatic hydroxyl groups excluding tert-OH is 1. The highest BCUT2D eigenvalue weighted by Gasteiger charge is 2.16. The fourth-order valence-electron chi connectivity index (χ4n) is 2.79. The molecular weight excluding hydrogens is 268 g/mol. The Morgan fingerprint density at radius 1 is 1.05 bits per heavy atom. The standard InChI is InChI=1S/C16H26N2O3/c1-20-15-4-5-16(21-2)14(12-15)13-18-7-3-6-17(8-9-18)10-11-19/h4-5,12,19H,3,6-11,13H2,1-2H3. The topological polar surface area (TPSA) is 45.2 Å². The Labute approximate surface area is 127 Å². The number of aliphatic hydroxyl groups is 1. The van der Waals surface area contributed by atoms with Gasteiger partial charge in [-0.1, -0.05) is 0 Å². The van der Waals surface area contributed by atoms with Crippen molar-refractivity contribution in [1.29, 1.82) is 0 Å². The summed E-state index contributed by atoms with van der Waals surface area (Å²) >= 11 is 0. The quantitative estimate of drug-likeness (QED) is 0.854. The highest BCUT2D eigenvalue weighted by atomic mass is 16.5. The Morgan fingerprint density at radius 2 is 1.81 bits per heavy atom. The smallest absolute Gasteiger partial charge is 0.123 e. The van der Waals surface area contributed by atoms with Crippen molar-refractivity contribution in [2.45, 2.75) is 13.0 Å². The van der Waals surface area contributed by atoms with E-state index < -0.39 is 0 Å². The number of rotatable bonds is 6. The second kappa shape index (κ2) is 8.22. The first-order valence-electron chi connectivity index (χ1n) is 7.53. The molecule has 1 aromatic carbocycles. The van der Waals surface area contributed by atoms with Gasteiger partial charge in [0.15, 0.2) is 0 Å². The molecule has 0 spiro atoms. The SMILES string of the molecule is COc1ccc(OC)c(CN2CCCN(CCO)CC2)c1. The third kappa shape index (κ3) is 4.59. The van der Waals surface area contributed by atoms with Crippen molar-refractivity contribution in [1.82, 2.24) is 9.80 Å². The molecule has 0 bridgehead atoms. The molecule has 1 N–H and O–H groups in total. The lowest BCUT2D eigenvalue weighted by molar-refractivity contribution is 0.195. The second-order valence-corrected chi connectivity index (χ2v) is 5.37. The maximum Gasteiger partial charge on any atom is 0.123 e. The van der Waals surface area contributed by atoms with Gasteiger partial charge in [-0.25, -0.2) is 0 Å². The summed E-state index contributed by atoms with van der Waals surface area (Å²) in [6.45, 7) is 6.04. The maximum atomic E-state index is 9.05. The average molecular weight is 294 g/mol. The molecule has 21 heavy (non-hydrogen) atoms. The molecule has 0 aromatic heterocycles. The number of nitrogens with zero attached hydrogens (tertiary/aromatic N) is 2. The molecule has 5 nitrogen and oxygen atoms in total. The van der Waals surface area contributed by atoms with Crippen LogP contribution in [0.2, 0.25) is 0 Å². The summed E-state index contributed by atoms with van der Waals surface area (Å²) < 4.78 is 10.8. The van der Waals surface area contributed by atoms with Crippen LogP contribution in [-0.2, 0) is 6.54 Å². The molecule has 1 fully saturated rings. The number of hydrogen-bond acceptors (Lipinski definition) is 5. The van der Waals surface area contributed by atoms with Crippen molar-refractivity contribution in [2.24, 2.45) is 0 Å². The van der Waals surface area contributed by atoms with Gasteiger partial charge in [0.1, 0.15) is 11.5 Å². The molecule has 1 aromatic rings. The van der Waals surface area contributed by atoms with E-state index in [1.165, 1.54) is 0 Å². The fraction of sp³-hybridized carbons (Fsp3) is 0.625. The van der Waals surface area contributed by atoms with Crippen LogP contribution in [0.1, 0.15) is 12.0 Å². The van der Waals surface area contributed by atoms with Crippen molar-refractivity contribution < 1.29 is 14.6 Å². The van der Waals surface area contributed by atoms with Gasteiger partial charge in [-0.3, -0.25) is 9.80 Å². The summed E-state index contributed by atoms with van der Waals surface area (Å²) in [5.74, 6) is 1.77. The lowest BCUT2D eigenvalue weighted by Gasteiger charge is -2.22. The zero-order valence-electron chi connectivity index (χ0n) is 13.0. The van der Waals surface area contributed by atoms with Crippen LogP contribution >= 0.6 is 0 Å². The van der Waals surface area contributed by atoms with Crippen LogP contribution < -0.4 is 9.47 Å². The minimum Gasteiger partial charge on any atom is -0.497 e. The van der Waals surface area contributed by atoms with Crippen molar-refractivity contribution in [3.8, 4) is 11.5 Å². The van der Waals surface area contributed by atoms with Crippen LogP contribution in [0.5, 0.6) is 11.5 Å². The minimum absolute atomic E-state index is 0.240. The van der Waals surface area contributed by atoms with Crippen molar-refractivity contribution >= 4 is 0 Å². The van der Waals surface area contributed by atoms with E-state index in [9.17, 15) is 0 Å². The molecule has 5 heteroatoms. The fourth-order valence-corrected chi connectivity index (χ4v) is 2.79. The van der Waals surface area contributed by atoms with Crippen molar-refractivity contribution in [2.75, 3.05) is 53.6 Å². The molecule has 0 radical (unpaired) electrons. The summed E-state index contributed by atoms with van der Waals surface area (Å²) in [7, 11) is 3.39. The van der Waals surface area contributed by atoms with E-state index >= 15 is 0 Å².